The zero-order chi connectivity index (χ0) is 33.0. The topological polar surface area (TPSA) is 138 Å². The van der Waals surface area contributed by atoms with Crippen LogP contribution in [-0.2, 0) is 26.8 Å². The lowest BCUT2D eigenvalue weighted by Gasteiger charge is -2.12. The maximum Gasteiger partial charge on any atom is 0.374 e. The molecular formula is C35H31N2O8S2+. The predicted octanol–water partition coefficient (Wildman–Crippen LogP) is 5.86. The molecule has 0 bridgehead atoms. The second-order valence-corrected chi connectivity index (χ2v) is 14.7. The highest BCUT2D eigenvalue weighted by molar-refractivity contribution is 7.86. The van der Waals surface area contributed by atoms with Gasteiger partial charge in [0.05, 0.1) is 11.8 Å². The molecule has 1 saturated heterocycles. The summed E-state index contributed by atoms with van der Waals surface area (Å²) < 4.78 is 84.1. The van der Waals surface area contributed by atoms with Crippen molar-refractivity contribution < 1.29 is 39.7 Å². The molecule has 2 unspecified atom stereocenters. The number of oxazole rings is 1. The number of rotatable bonds is 9. The molecule has 1 N–H and O–H groups in total. The molecule has 10 nitrogen and oxygen atoms in total. The number of hydrogen-bond acceptors (Lipinski definition) is 7. The minimum absolute atomic E-state index is 0.0984. The van der Waals surface area contributed by atoms with Crippen LogP contribution in [0.25, 0.3) is 39.4 Å². The Labute approximate surface area is 272 Å². The maximum atomic E-state index is 12.5. The van der Waals surface area contributed by atoms with E-state index in [1.54, 1.807) is 28.9 Å². The normalized spacial score (nSPS) is 20.1. The van der Waals surface area contributed by atoms with Crippen molar-refractivity contribution in [1.82, 2.24) is 4.48 Å². The van der Waals surface area contributed by atoms with Crippen LogP contribution in [0.15, 0.2) is 119 Å². The lowest BCUT2D eigenvalue weighted by atomic mass is 10.0. The summed E-state index contributed by atoms with van der Waals surface area (Å²) in [6.45, 7) is 1.88. The Morgan fingerprint density at radius 1 is 0.915 bits per heavy atom. The highest BCUT2D eigenvalue weighted by Crippen LogP contribution is 2.56. The summed E-state index contributed by atoms with van der Waals surface area (Å²) in [7, 11) is -8.96. The predicted molar refractivity (Wildman–Crippen MR) is 177 cm³/mol. The lowest BCUT2D eigenvalue weighted by molar-refractivity contribution is -0.673. The van der Waals surface area contributed by atoms with E-state index in [1.165, 1.54) is 0 Å². The van der Waals surface area contributed by atoms with Gasteiger partial charge in [-0.15, -0.1) is 0 Å². The van der Waals surface area contributed by atoms with Gasteiger partial charge in [-0.05, 0) is 46.4 Å². The molecule has 0 aliphatic carbocycles. The van der Waals surface area contributed by atoms with E-state index in [0.29, 0.717) is 46.3 Å². The van der Waals surface area contributed by atoms with Crippen molar-refractivity contribution in [3.8, 4) is 28.0 Å². The van der Waals surface area contributed by atoms with Crippen LogP contribution in [0, 0.1) is 0 Å². The Bertz CT molecular complexity index is 2300. The number of fused-ring (bicyclic) bond motifs is 3. The molecule has 12 heteroatoms. The molecule has 1 spiro atoms. The molecule has 0 radical (unpaired) electrons. The van der Waals surface area contributed by atoms with Crippen LogP contribution in [0.5, 0.6) is 5.75 Å². The zero-order valence-corrected chi connectivity index (χ0v) is 26.9. The average molecular weight is 672 g/mol. The number of allylic oxidation sites excluding steroid dienone is 2. The van der Waals surface area contributed by atoms with E-state index in [1.807, 2.05) is 91.9 Å². The van der Waals surface area contributed by atoms with Crippen LogP contribution in [-0.4, -0.2) is 43.6 Å². The first kappa shape index (κ1) is 31.0. The van der Waals surface area contributed by atoms with Crippen molar-refractivity contribution >= 4 is 43.1 Å². The van der Waals surface area contributed by atoms with Crippen molar-refractivity contribution in [1.29, 1.82) is 0 Å². The summed E-state index contributed by atoms with van der Waals surface area (Å²) >= 11 is 0. The molecule has 4 aromatic carbocycles. The second kappa shape index (κ2) is 11.6. The smallest absolute Gasteiger partial charge is 0.374 e. The van der Waals surface area contributed by atoms with E-state index in [0.717, 1.165) is 22.3 Å². The average Bonchev–Trinajstić information content (AvgIpc) is 3.65. The highest BCUT2D eigenvalue weighted by Gasteiger charge is 2.72. The maximum absolute atomic E-state index is 12.5. The van der Waals surface area contributed by atoms with E-state index < -0.39 is 31.4 Å². The lowest BCUT2D eigenvalue weighted by Crippen LogP contribution is -2.38. The minimum Gasteiger partial charge on any atom is -0.748 e. The molecule has 1 fully saturated rings. The fraction of sp³-hybridized carbons (Fsp3) is 0.171. The number of benzene rings is 4. The summed E-state index contributed by atoms with van der Waals surface area (Å²) in [5, 5.41) is -1.13. The second-order valence-electron chi connectivity index (χ2n) is 11.6. The van der Waals surface area contributed by atoms with Crippen LogP contribution in [0.3, 0.4) is 0 Å². The third kappa shape index (κ3) is 5.90. The summed E-state index contributed by atoms with van der Waals surface area (Å²) in [6, 6.07) is 30.6. The molecular weight excluding hydrogens is 641 g/mol. The van der Waals surface area contributed by atoms with E-state index >= 15 is 0 Å². The molecule has 47 heavy (non-hydrogen) atoms. The van der Waals surface area contributed by atoms with Crippen LogP contribution < -0.4 is 13.8 Å². The van der Waals surface area contributed by atoms with E-state index in [9.17, 15) is 25.9 Å². The van der Waals surface area contributed by atoms with Crippen molar-refractivity contribution in [2.75, 3.05) is 12.3 Å². The zero-order valence-electron chi connectivity index (χ0n) is 25.3. The van der Waals surface area contributed by atoms with Gasteiger partial charge in [0, 0.05) is 18.2 Å². The van der Waals surface area contributed by atoms with Gasteiger partial charge >= 0.3 is 21.9 Å². The Morgan fingerprint density at radius 2 is 1.55 bits per heavy atom. The third-order valence-corrected chi connectivity index (χ3v) is 10.6. The minimum atomic E-state index is -4.53. The number of quaternary nitrogens is 1. The number of hydrogen-bond donors (Lipinski definition) is 1. The number of aromatic nitrogens is 1. The van der Waals surface area contributed by atoms with Gasteiger partial charge in [0.2, 0.25) is 5.58 Å². The van der Waals surface area contributed by atoms with Crippen LogP contribution >= 0.6 is 0 Å². The van der Waals surface area contributed by atoms with Gasteiger partial charge in [-0.2, -0.15) is 17.5 Å². The Kier molecular flexibility index (Phi) is 7.65. The Hall–Kier alpha value is -4.59. The Morgan fingerprint density at radius 3 is 2.15 bits per heavy atom. The molecule has 2 aliphatic heterocycles. The fourth-order valence-electron chi connectivity index (χ4n) is 6.20. The number of ether oxygens (including phenoxy) is 1. The Balaban J connectivity index is 1.33. The molecule has 7 rings (SSSR count). The molecule has 2 aliphatic rings. The summed E-state index contributed by atoms with van der Waals surface area (Å²) in [5.41, 5.74) is 6.12. The fourth-order valence-corrected chi connectivity index (χ4v) is 7.71. The quantitative estimate of drug-likeness (QED) is 0.0890. The monoisotopic (exact) mass is 671 g/mol. The van der Waals surface area contributed by atoms with Gasteiger partial charge in [0.25, 0.3) is 10.9 Å². The van der Waals surface area contributed by atoms with E-state index in [-0.39, 0.29) is 17.6 Å². The standard InChI is InChI=1S/C35H30N2O8S2/c1-2-24(19-33-36(17-18-46(38,39)40)29-21-27(13-15-31(29)44-33)25-9-5-3-6-10-25)20-34-37(23-35(37)47(41,42)43)30-22-28(14-16-32(30)45-34)26-11-7-4-8-12-26/h3-16,19-22,35H,2,17-18,23H2,1H3/p+1. The molecule has 240 valence electrons. The van der Waals surface area contributed by atoms with Crippen LogP contribution in [0.1, 0.15) is 19.2 Å². The number of nitrogens with zero attached hydrogens (tertiary/aromatic N) is 2. The van der Waals surface area contributed by atoms with E-state index in [4.69, 9.17) is 9.15 Å². The van der Waals surface area contributed by atoms with Crippen molar-refractivity contribution in [3.05, 3.63) is 120 Å². The molecule has 1 aromatic heterocycles. The molecule has 5 aromatic rings. The number of aryl methyl sites for hydroxylation is 1. The van der Waals surface area contributed by atoms with Gasteiger partial charge in [-0.3, -0.25) is 4.55 Å². The summed E-state index contributed by atoms with van der Waals surface area (Å²) in [6.07, 6.45) is 3.95. The first-order valence-electron chi connectivity index (χ1n) is 15.1. The SMILES string of the molecule is CCC(=Cc1oc2ccc(-c3ccccc3)cc2[n+]1CCS(=O)(=O)[O-])C=C1Oc2ccc(-c3ccccc3)cc2[N+]12CC2S(=O)(=O)O. The summed E-state index contributed by atoms with van der Waals surface area (Å²) in [4.78, 5) is 0. The summed E-state index contributed by atoms with van der Waals surface area (Å²) in [5.74, 6) is 0.499. The third-order valence-electron chi connectivity index (χ3n) is 8.68. The molecule has 2 atom stereocenters. The van der Waals surface area contributed by atoms with Crippen LogP contribution in [0.4, 0.5) is 5.69 Å². The van der Waals surface area contributed by atoms with Crippen LogP contribution in [0.2, 0.25) is 0 Å². The van der Waals surface area contributed by atoms with Crippen molar-refractivity contribution in [2.24, 2.45) is 0 Å². The molecule has 3 heterocycles. The molecule has 0 saturated carbocycles. The largest absolute Gasteiger partial charge is 0.748 e. The van der Waals surface area contributed by atoms with Gasteiger partial charge in [-0.1, -0.05) is 79.7 Å². The molecule has 0 amide bonds. The van der Waals surface area contributed by atoms with Gasteiger partial charge in [-0.25, -0.2) is 8.42 Å². The van der Waals surface area contributed by atoms with E-state index in [2.05, 4.69) is 0 Å². The van der Waals surface area contributed by atoms with Gasteiger partial charge < -0.3 is 13.7 Å². The first-order chi connectivity index (χ1) is 22.5. The first-order valence-corrected chi connectivity index (χ1v) is 18.1. The van der Waals surface area contributed by atoms with Crippen molar-refractivity contribution in [3.63, 3.8) is 0 Å². The van der Waals surface area contributed by atoms with Crippen molar-refractivity contribution in [2.45, 2.75) is 25.3 Å². The van der Waals surface area contributed by atoms with Gasteiger partial charge in [0.15, 0.2) is 24.5 Å². The highest BCUT2D eigenvalue weighted by atomic mass is 32.2. The van der Waals surface area contributed by atoms with Gasteiger partial charge in [0.1, 0.15) is 10.1 Å².